The lowest BCUT2D eigenvalue weighted by molar-refractivity contribution is -0.175. The Labute approximate surface area is 136 Å². The molecule has 21 heavy (non-hydrogen) atoms. The molecule has 0 saturated carbocycles. The van der Waals surface area contributed by atoms with Gasteiger partial charge in [-0.1, -0.05) is 40.5 Å². The van der Waals surface area contributed by atoms with E-state index in [1.807, 2.05) is 19.1 Å². The molecule has 0 aromatic heterocycles. The van der Waals surface area contributed by atoms with Gasteiger partial charge in [-0.05, 0) is 37.1 Å². The minimum atomic E-state index is -4.30. The van der Waals surface area contributed by atoms with E-state index in [1.54, 1.807) is 6.07 Å². The van der Waals surface area contributed by atoms with Crippen LogP contribution in [-0.4, -0.2) is 32.0 Å². The summed E-state index contributed by atoms with van der Waals surface area (Å²) in [6.45, 7) is 1.47. The number of benzene rings is 1. The summed E-state index contributed by atoms with van der Waals surface area (Å²) >= 11 is 9.45. The average Bonchev–Trinajstić information content (AvgIpc) is 2.37. The zero-order chi connectivity index (χ0) is 15.9. The zero-order valence-corrected chi connectivity index (χ0v) is 14.0. The van der Waals surface area contributed by atoms with Gasteiger partial charge < -0.3 is 10.1 Å². The zero-order valence-electron chi connectivity index (χ0n) is 11.6. The number of nitrogens with one attached hydrogen (secondary N) is 1. The number of ether oxygens (including phenoxy) is 1. The number of hydrogen-bond acceptors (Lipinski definition) is 2. The van der Waals surface area contributed by atoms with Gasteiger partial charge in [-0.2, -0.15) is 13.2 Å². The van der Waals surface area contributed by atoms with Crippen LogP contribution in [0, 0.1) is 0 Å². The summed E-state index contributed by atoms with van der Waals surface area (Å²) in [5.41, 5.74) is 0.879. The fraction of sp³-hybridized carbons (Fsp3) is 0.571. The molecule has 0 saturated heterocycles. The van der Waals surface area contributed by atoms with Crippen molar-refractivity contribution in [2.24, 2.45) is 0 Å². The highest BCUT2D eigenvalue weighted by atomic mass is 79.9. The monoisotopic (exact) mass is 387 g/mol. The molecule has 2 nitrogen and oxygen atoms in total. The minimum Gasteiger partial charge on any atom is -0.370 e. The van der Waals surface area contributed by atoms with Gasteiger partial charge in [0, 0.05) is 15.5 Å². The van der Waals surface area contributed by atoms with Crippen LogP contribution in [0.3, 0.4) is 0 Å². The Hall–Kier alpha value is -0.300. The van der Waals surface area contributed by atoms with Crippen LogP contribution >= 0.6 is 27.5 Å². The molecule has 120 valence electrons. The average molecular weight is 389 g/mol. The number of rotatable bonds is 8. The summed E-state index contributed by atoms with van der Waals surface area (Å²) in [7, 11) is 0. The van der Waals surface area contributed by atoms with Crippen LogP contribution in [0.25, 0.3) is 0 Å². The highest BCUT2D eigenvalue weighted by Gasteiger charge is 2.28. The van der Waals surface area contributed by atoms with Crippen molar-refractivity contribution in [1.29, 1.82) is 0 Å². The SMILES string of the molecule is CCCNC(COCC(F)(F)F)Cc1ccc(Br)cc1Cl. The van der Waals surface area contributed by atoms with Gasteiger partial charge in [0.25, 0.3) is 0 Å². The van der Waals surface area contributed by atoms with Gasteiger partial charge in [0.15, 0.2) is 0 Å². The van der Waals surface area contributed by atoms with Crippen molar-refractivity contribution in [2.45, 2.75) is 32.0 Å². The smallest absolute Gasteiger partial charge is 0.370 e. The summed E-state index contributed by atoms with van der Waals surface area (Å²) in [6.07, 6.45) is -2.89. The highest BCUT2D eigenvalue weighted by Crippen LogP contribution is 2.23. The number of hydrogen-bond donors (Lipinski definition) is 1. The molecular weight excluding hydrogens is 371 g/mol. The van der Waals surface area contributed by atoms with Crippen molar-refractivity contribution in [3.05, 3.63) is 33.3 Å². The maximum absolute atomic E-state index is 12.1. The first-order chi connectivity index (χ1) is 9.81. The summed E-state index contributed by atoms with van der Waals surface area (Å²) in [5.74, 6) is 0. The molecule has 0 aliphatic rings. The fourth-order valence-electron chi connectivity index (χ4n) is 1.81. The Morgan fingerprint density at radius 2 is 2.10 bits per heavy atom. The molecule has 1 N–H and O–H groups in total. The fourth-order valence-corrected chi connectivity index (χ4v) is 2.56. The van der Waals surface area contributed by atoms with Crippen LogP contribution in [-0.2, 0) is 11.2 Å². The van der Waals surface area contributed by atoms with Gasteiger partial charge in [0.2, 0.25) is 0 Å². The molecule has 0 aliphatic carbocycles. The maximum Gasteiger partial charge on any atom is 0.411 e. The Balaban J connectivity index is 2.60. The molecule has 0 amide bonds. The van der Waals surface area contributed by atoms with E-state index in [-0.39, 0.29) is 12.6 Å². The lowest BCUT2D eigenvalue weighted by Crippen LogP contribution is -2.37. The predicted molar refractivity (Wildman–Crippen MR) is 81.8 cm³/mol. The van der Waals surface area contributed by atoms with E-state index < -0.39 is 12.8 Å². The van der Waals surface area contributed by atoms with Crippen LogP contribution in [0.2, 0.25) is 5.02 Å². The minimum absolute atomic E-state index is 0.00803. The first-order valence-corrected chi connectivity index (χ1v) is 7.80. The summed E-state index contributed by atoms with van der Waals surface area (Å²) in [5, 5.41) is 3.77. The molecule has 1 unspecified atom stereocenters. The van der Waals surface area contributed by atoms with Crippen LogP contribution in [0.1, 0.15) is 18.9 Å². The van der Waals surface area contributed by atoms with E-state index in [0.717, 1.165) is 16.5 Å². The summed E-state index contributed by atoms with van der Waals surface area (Å²) in [6, 6.07) is 5.28. The summed E-state index contributed by atoms with van der Waals surface area (Å²) in [4.78, 5) is 0. The lowest BCUT2D eigenvalue weighted by atomic mass is 10.1. The van der Waals surface area contributed by atoms with Crippen LogP contribution < -0.4 is 5.32 Å². The molecule has 0 spiro atoms. The first-order valence-electron chi connectivity index (χ1n) is 6.63. The van der Waals surface area contributed by atoms with Crippen molar-refractivity contribution in [2.75, 3.05) is 19.8 Å². The van der Waals surface area contributed by atoms with Gasteiger partial charge in [-0.3, -0.25) is 0 Å². The van der Waals surface area contributed by atoms with Crippen LogP contribution in [0.4, 0.5) is 13.2 Å². The van der Waals surface area contributed by atoms with E-state index in [9.17, 15) is 13.2 Å². The Bertz CT molecular complexity index is 443. The Morgan fingerprint density at radius 3 is 2.67 bits per heavy atom. The topological polar surface area (TPSA) is 21.3 Å². The second kappa shape index (κ2) is 8.98. The Morgan fingerprint density at radius 1 is 1.38 bits per heavy atom. The molecule has 0 radical (unpaired) electrons. The predicted octanol–water partition coefficient (Wildman–Crippen LogP) is 4.59. The van der Waals surface area contributed by atoms with Gasteiger partial charge in [0.1, 0.15) is 6.61 Å². The third-order valence-electron chi connectivity index (χ3n) is 2.75. The highest BCUT2D eigenvalue weighted by molar-refractivity contribution is 9.10. The van der Waals surface area contributed by atoms with E-state index in [4.69, 9.17) is 16.3 Å². The molecule has 0 heterocycles. The van der Waals surface area contributed by atoms with E-state index >= 15 is 0 Å². The molecule has 1 atom stereocenters. The van der Waals surface area contributed by atoms with Crippen molar-refractivity contribution in [3.63, 3.8) is 0 Å². The molecule has 0 bridgehead atoms. The molecule has 0 fully saturated rings. The summed E-state index contributed by atoms with van der Waals surface area (Å²) < 4.78 is 42.0. The maximum atomic E-state index is 12.1. The van der Waals surface area contributed by atoms with Crippen LogP contribution in [0.5, 0.6) is 0 Å². The molecule has 7 heteroatoms. The second-order valence-corrected chi connectivity index (χ2v) is 6.04. The molecule has 1 aromatic rings. The largest absolute Gasteiger partial charge is 0.411 e. The standard InChI is InChI=1S/C14H18BrClF3NO/c1-2-5-20-12(8-21-9-14(17,18)19)6-10-3-4-11(15)7-13(10)16/h3-4,7,12,20H,2,5-6,8-9H2,1H3. The van der Waals surface area contributed by atoms with E-state index in [2.05, 4.69) is 21.2 Å². The third kappa shape index (κ3) is 8.04. The van der Waals surface area contributed by atoms with Gasteiger partial charge in [0.05, 0.1) is 6.61 Å². The Kier molecular flexibility index (Phi) is 8.02. The van der Waals surface area contributed by atoms with E-state index in [1.165, 1.54) is 0 Å². The van der Waals surface area contributed by atoms with E-state index in [0.29, 0.717) is 18.0 Å². The number of halogens is 5. The van der Waals surface area contributed by atoms with Crippen molar-refractivity contribution >= 4 is 27.5 Å². The van der Waals surface area contributed by atoms with Crippen molar-refractivity contribution in [1.82, 2.24) is 5.32 Å². The van der Waals surface area contributed by atoms with Gasteiger partial charge in [-0.15, -0.1) is 0 Å². The molecule has 1 aromatic carbocycles. The third-order valence-corrected chi connectivity index (χ3v) is 3.59. The first kappa shape index (κ1) is 18.7. The molecule has 0 aliphatic heterocycles. The van der Waals surface area contributed by atoms with Crippen molar-refractivity contribution in [3.8, 4) is 0 Å². The van der Waals surface area contributed by atoms with Gasteiger partial charge in [-0.25, -0.2) is 0 Å². The lowest BCUT2D eigenvalue weighted by Gasteiger charge is -2.20. The van der Waals surface area contributed by atoms with Crippen LogP contribution in [0.15, 0.2) is 22.7 Å². The normalized spacial score (nSPS) is 13.4. The molecule has 1 rings (SSSR count). The quantitative estimate of drug-likeness (QED) is 0.703. The van der Waals surface area contributed by atoms with Gasteiger partial charge >= 0.3 is 6.18 Å². The number of alkyl halides is 3. The second-order valence-electron chi connectivity index (χ2n) is 4.72. The molecular formula is C14H18BrClF3NO. The van der Waals surface area contributed by atoms with Crippen molar-refractivity contribution < 1.29 is 17.9 Å².